The summed E-state index contributed by atoms with van der Waals surface area (Å²) in [5.74, 6) is 1.09. The number of hydrogen-bond donors (Lipinski definition) is 1. The highest BCUT2D eigenvalue weighted by molar-refractivity contribution is 6.74. The van der Waals surface area contributed by atoms with Gasteiger partial charge in [-0.1, -0.05) is 33.6 Å². The van der Waals surface area contributed by atoms with Crippen molar-refractivity contribution in [1.82, 2.24) is 9.55 Å². The molecule has 0 bridgehead atoms. The van der Waals surface area contributed by atoms with Gasteiger partial charge in [0.05, 0.1) is 19.2 Å². The van der Waals surface area contributed by atoms with Crippen LogP contribution in [-0.2, 0) is 4.43 Å². The number of imidazole rings is 1. The molecule has 1 saturated carbocycles. The standard InChI is InChI=1S/C17H30N4OSi/c1-17(2,3)23(4,5)22-14-10-18-11-19-16-15(14)20-12-21(16)13-8-6-7-9-13/h11-14H,6-10H2,1-5H3,(H,18,19)/t14-/m1/s1. The lowest BCUT2D eigenvalue weighted by Gasteiger charge is -2.38. The zero-order chi connectivity index (χ0) is 16.7. The van der Waals surface area contributed by atoms with Crippen molar-refractivity contribution in [3.8, 4) is 0 Å². The Morgan fingerprint density at radius 1 is 1.26 bits per heavy atom. The van der Waals surface area contributed by atoms with Gasteiger partial charge >= 0.3 is 0 Å². The van der Waals surface area contributed by atoms with Gasteiger partial charge in [-0.3, -0.25) is 4.99 Å². The summed E-state index contributed by atoms with van der Waals surface area (Å²) in [5.41, 5.74) is 1.03. The first-order chi connectivity index (χ1) is 10.8. The molecule has 128 valence electrons. The third-order valence-electron chi connectivity index (χ3n) is 5.65. The summed E-state index contributed by atoms with van der Waals surface area (Å²) in [6.07, 6.45) is 8.88. The van der Waals surface area contributed by atoms with Gasteiger partial charge in [-0.15, -0.1) is 0 Å². The maximum absolute atomic E-state index is 6.63. The summed E-state index contributed by atoms with van der Waals surface area (Å²) < 4.78 is 8.94. The SMILES string of the molecule is CC(C)(C)[Si](C)(C)O[C@@H]1CN=CNc2c1ncn2C1CCCC1. The molecular formula is C17H30N4OSi. The molecule has 1 N–H and O–H groups in total. The van der Waals surface area contributed by atoms with Crippen LogP contribution >= 0.6 is 0 Å². The number of fused-ring (bicyclic) bond motifs is 1. The number of anilines is 1. The quantitative estimate of drug-likeness (QED) is 0.827. The van der Waals surface area contributed by atoms with Crippen LogP contribution in [0.2, 0.25) is 18.1 Å². The van der Waals surface area contributed by atoms with Crippen molar-refractivity contribution in [3.05, 3.63) is 12.0 Å². The monoisotopic (exact) mass is 334 g/mol. The fraction of sp³-hybridized carbons (Fsp3) is 0.765. The summed E-state index contributed by atoms with van der Waals surface area (Å²) >= 11 is 0. The Morgan fingerprint density at radius 2 is 1.96 bits per heavy atom. The number of rotatable bonds is 3. The van der Waals surface area contributed by atoms with Crippen LogP contribution < -0.4 is 5.32 Å². The highest BCUT2D eigenvalue weighted by atomic mass is 28.4. The Morgan fingerprint density at radius 3 is 2.61 bits per heavy atom. The molecule has 0 spiro atoms. The topological polar surface area (TPSA) is 51.4 Å². The summed E-state index contributed by atoms with van der Waals surface area (Å²) in [5, 5.41) is 3.53. The second-order valence-electron chi connectivity index (χ2n) is 8.33. The van der Waals surface area contributed by atoms with Crippen molar-refractivity contribution in [2.24, 2.45) is 4.99 Å². The van der Waals surface area contributed by atoms with Gasteiger partial charge in [0.2, 0.25) is 0 Å². The van der Waals surface area contributed by atoms with Crippen LogP contribution in [-0.4, -0.2) is 30.8 Å². The van der Waals surface area contributed by atoms with E-state index in [0.717, 1.165) is 11.5 Å². The van der Waals surface area contributed by atoms with Crippen molar-refractivity contribution in [3.63, 3.8) is 0 Å². The van der Waals surface area contributed by atoms with Gasteiger partial charge in [-0.25, -0.2) is 4.98 Å². The third-order valence-corrected chi connectivity index (χ3v) is 10.1. The molecule has 1 aliphatic heterocycles. The largest absolute Gasteiger partial charge is 0.406 e. The number of hydrogen-bond acceptors (Lipinski definition) is 4. The predicted octanol–water partition coefficient (Wildman–Crippen LogP) is 4.51. The van der Waals surface area contributed by atoms with Crippen LogP contribution in [0.15, 0.2) is 11.3 Å². The van der Waals surface area contributed by atoms with Crippen molar-refractivity contribution in [2.45, 2.75) is 76.7 Å². The molecule has 1 aromatic heterocycles. The van der Waals surface area contributed by atoms with Crippen LogP contribution in [0.3, 0.4) is 0 Å². The number of nitrogens with one attached hydrogen (secondary N) is 1. The van der Waals surface area contributed by atoms with Gasteiger partial charge in [0, 0.05) is 6.04 Å². The second kappa shape index (κ2) is 6.05. The zero-order valence-electron chi connectivity index (χ0n) is 15.1. The molecule has 5 nitrogen and oxygen atoms in total. The molecular weight excluding hydrogens is 304 g/mol. The van der Waals surface area contributed by atoms with Gasteiger partial charge in [-0.05, 0) is 31.0 Å². The normalized spacial score (nSPS) is 22.7. The fourth-order valence-electron chi connectivity index (χ4n) is 3.19. The Kier molecular flexibility index (Phi) is 4.40. The van der Waals surface area contributed by atoms with E-state index in [1.54, 1.807) is 6.34 Å². The van der Waals surface area contributed by atoms with Gasteiger partial charge < -0.3 is 14.3 Å². The lowest BCUT2D eigenvalue weighted by atomic mass is 10.2. The minimum Gasteiger partial charge on any atom is -0.406 e. The first-order valence-corrected chi connectivity index (χ1v) is 11.7. The summed E-state index contributed by atoms with van der Waals surface area (Å²) in [4.78, 5) is 9.21. The fourth-order valence-corrected chi connectivity index (χ4v) is 4.44. The van der Waals surface area contributed by atoms with Gasteiger partial charge in [0.25, 0.3) is 0 Å². The molecule has 1 atom stereocenters. The highest BCUT2D eigenvalue weighted by Gasteiger charge is 2.41. The van der Waals surface area contributed by atoms with Crippen LogP contribution in [0.4, 0.5) is 5.82 Å². The summed E-state index contributed by atoms with van der Waals surface area (Å²) in [7, 11) is -1.86. The maximum Gasteiger partial charge on any atom is 0.193 e. The molecule has 2 aliphatic rings. The van der Waals surface area contributed by atoms with E-state index < -0.39 is 8.32 Å². The molecule has 0 aromatic carbocycles. The van der Waals surface area contributed by atoms with Crippen LogP contribution in [0, 0.1) is 0 Å². The van der Waals surface area contributed by atoms with Gasteiger partial charge in [0.1, 0.15) is 17.6 Å². The maximum atomic E-state index is 6.63. The number of aliphatic imine (C=N–C) groups is 1. The van der Waals surface area contributed by atoms with E-state index in [9.17, 15) is 0 Å². The van der Waals surface area contributed by atoms with Crippen molar-refractivity contribution < 1.29 is 4.43 Å². The van der Waals surface area contributed by atoms with E-state index in [1.165, 1.54) is 25.7 Å². The van der Waals surface area contributed by atoms with E-state index in [0.29, 0.717) is 12.6 Å². The molecule has 1 aromatic rings. The molecule has 23 heavy (non-hydrogen) atoms. The van der Waals surface area contributed by atoms with Crippen molar-refractivity contribution >= 4 is 20.5 Å². The Bertz CT molecular complexity index is 582. The average molecular weight is 335 g/mol. The molecule has 0 radical (unpaired) electrons. The Hall–Kier alpha value is -1.14. The Balaban J connectivity index is 1.89. The van der Waals surface area contributed by atoms with E-state index >= 15 is 0 Å². The van der Waals surface area contributed by atoms with Gasteiger partial charge in [-0.2, -0.15) is 0 Å². The molecule has 0 unspecified atom stereocenters. The van der Waals surface area contributed by atoms with Gasteiger partial charge in [0.15, 0.2) is 8.32 Å². The molecule has 0 amide bonds. The molecule has 1 fully saturated rings. The van der Waals surface area contributed by atoms with E-state index in [2.05, 4.69) is 48.7 Å². The van der Waals surface area contributed by atoms with E-state index in [1.807, 2.05) is 6.33 Å². The molecule has 0 saturated heterocycles. The summed E-state index contributed by atoms with van der Waals surface area (Å²) in [6, 6.07) is 0.568. The Labute approximate surface area is 140 Å². The molecule has 6 heteroatoms. The van der Waals surface area contributed by atoms with Crippen molar-refractivity contribution in [1.29, 1.82) is 0 Å². The predicted molar refractivity (Wildman–Crippen MR) is 97.7 cm³/mol. The summed E-state index contributed by atoms with van der Waals surface area (Å²) in [6.45, 7) is 12.1. The zero-order valence-corrected chi connectivity index (χ0v) is 16.1. The average Bonchev–Trinajstić information content (AvgIpc) is 3.06. The second-order valence-corrected chi connectivity index (χ2v) is 13.1. The van der Waals surface area contributed by atoms with Crippen molar-refractivity contribution in [2.75, 3.05) is 11.9 Å². The van der Waals surface area contributed by atoms with E-state index in [4.69, 9.17) is 9.41 Å². The third kappa shape index (κ3) is 3.24. The first kappa shape index (κ1) is 16.7. The smallest absolute Gasteiger partial charge is 0.193 e. The number of aromatic nitrogens is 2. The first-order valence-electron chi connectivity index (χ1n) is 8.79. The minimum atomic E-state index is -1.86. The van der Waals surface area contributed by atoms with Crippen LogP contribution in [0.25, 0.3) is 0 Å². The molecule has 1 aliphatic carbocycles. The minimum absolute atomic E-state index is 0.0419. The lowest BCUT2D eigenvalue weighted by molar-refractivity contribution is 0.189. The van der Waals surface area contributed by atoms with Crippen LogP contribution in [0.5, 0.6) is 0 Å². The molecule has 3 rings (SSSR count). The lowest BCUT2D eigenvalue weighted by Crippen LogP contribution is -2.42. The molecule has 2 heterocycles. The highest BCUT2D eigenvalue weighted by Crippen LogP contribution is 2.42. The van der Waals surface area contributed by atoms with E-state index in [-0.39, 0.29) is 11.1 Å². The number of nitrogens with zero attached hydrogens (tertiary/aromatic N) is 3. The van der Waals surface area contributed by atoms with Crippen LogP contribution in [0.1, 0.15) is 64.3 Å².